The van der Waals surface area contributed by atoms with Crippen molar-refractivity contribution in [3.63, 3.8) is 0 Å². The second-order valence-corrected chi connectivity index (χ2v) is 6.96. The second kappa shape index (κ2) is 8.60. The maximum absolute atomic E-state index is 13.1. The Morgan fingerprint density at radius 2 is 2.12 bits per heavy atom. The van der Waals surface area contributed by atoms with Crippen molar-refractivity contribution in [2.75, 3.05) is 33.4 Å². The van der Waals surface area contributed by atoms with Gasteiger partial charge >= 0.3 is 0 Å². The number of oxime groups is 1. The lowest BCUT2D eigenvalue weighted by atomic mass is 9.73. The molecule has 142 valence electrons. The number of carbonyl (C=O) groups is 1. The van der Waals surface area contributed by atoms with Crippen molar-refractivity contribution in [3.05, 3.63) is 35.6 Å². The lowest BCUT2D eigenvalue weighted by Crippen LogP contribution is -2.49. The van der Waals surface area contributed by atoms with E-state index in [1.54, 1.807) is 19.2 Å². The Morgan fingerprint density at radius 3 is 2.81 bits per heavy atom. The summed E-state index contributed by atoms with van der Waals surface area (Å²) in [6, 6.07) is 6.25. The maximum atomic E-state index is 13.1. The molecule has 3 rings (SSSR count). The molecule has 1 aromatic carbocycles. The van der Waals surface area contributed by atoms with Crippen LogP contribution in [-0.2, 0) is 14.4 Å². The molecule has 1 aromatic rings. The number of nitrogens with zero attached hydrogens (tertiary/aromatic N) is 1. The van der Waals surface area contributed by atoms with Gasteiger partial charge in [-0.25, -0.2) is 4.39 Å². The minimum Gasteiger partial charge on any atom is -0.392 e. The number of hydrogen-bond acceptors (Lipinski definition) is 5. The maximum Gasteiger partial charge on any atom is 0.226 e. The molecule has 0 spiro atoms. The van der Waals surface area contributed by atoms with Gasteiger partial charge in [0.05, 0.1) is 17.7 Å². The summed E-state index contributed by atoms with van der Waals surface area (Å²) < 4.78 is 18.1. The van der Waals surface area contributed by atoms with Gasteiger partial charge in [0, 0.05) is 26.5 Å². The fourth-order valence-corrected chi connectivity index (χ4v) is 3.67. The quantitative estimate of drug-likeness (QED) is 0.725. The molecule has 1 amide bonds. The third kappa shape index (κ3) is 4.40. The summed E-state index contributed by atoms with van der Waals surface area (Å²) in [5.74, 6) is -0.207. The Morgan fingerprint density at radius 1 is 1.38 bits per heavy atom. The van der Waals surface area contributed by atoms with Gasteiger partial charge in [-0.3, -0.25) is 4.79 Å². The largest absolute Gasteiger partial charge is 0.392 e. The van der Waals surface area contributed by atoms with Crippen LogP contribution in [0.4, 0.5) is 4.39 Å². The molecule has 2 aliphatic heterocycles. The Kier molecular flexibility index (Phi) is 6.21. The van der Waals surface area contributed by atoms with Crippen molar-refractivity contribution in [3.8, 4) is 0 Å². The van der Waals surface area contributed by atoms with Crippen LogP contribution in [0.1, 0.15) is 31.2 Å². The molecule has 1 fully saturated rings. The van der Waals surface area contributed by atoms with E-state index in [9.17, 15) is 9.18 Å². The van der Waals surface area contributed by atoms with Gasteiger partial charge in [0.1, 0.15) is 11.9 Å². The SMILES string of the molecule is COCCNC(=O)C1(C[C@H]2CC(c3ccc(F)cc3)=NO2)CCNCC1. The first kappa shape index (κ1) is 18.8. The van der Waals surface area contributed by atoms with Gasteiger partial charge in [-0.1, -0.05) is 17.3 Å². The molecule has 2 N–H and O–H groups in total. The topological polar surface area (TPSA) is 72.0 Å². The van der Waals surface area contributed by atoms with Crippen molar-refractivity contribution in [2.24, 2.45) is 10.6 Å². The molecule has 2 heterocycles. The zero-order chi connectivity index (χ0) is 18.4. The summed E-state index contributed by atoms with van der Waals surface area (Å²) in [7, 11) is 1.62. The Labute approximate surface area is 153 Å². The third-order valence-electron chi connectivity index (χ3n) is 5.16. The van der Waals surface area contributed by atoms with Gasteiger partial charge in [0.25, 0.3) is 0 Å². The van der Waals surface area contributed by atoms with Crippen LogP contribution in [0.15, 0.2) is 29.4 Å². The first-order valence-corrected chi connectivity index (χ1v) is 9.09. The highest BCUT2D eigenvalue weighted by Gasteiger charge is 2.43. The van der Waals surface area contributed by atoms with Crippen LogP contribution in [0, 0.1) is 11.2 Å². The molecule has 1 saturated heterocycles. The molecule has 7 heteroatoms. The standard InChI is InChI=1S/C19H26FN3O3/c1-25-11-10-22-18(24)19(6-8-21-9-7-19)13-16-12-17(23-26-16)14-2-4-15(20)5-3-14/h2-5,16,21H,6-13H2,1H3,(H,22,24)/t16-/m1/s1. The number of amides is 1. The minimum absolute atomic E-state index is 0.0647. The second-order valence-electron chi connectivity index (χ2n) is 6.96. The van der Waals surface area contributed by atoms with Gasteiger partial charge in [-0.05, 0) is 43.6 Å². The highest BCUT2D eigenvalue weighted by atomic mass is 19.1. The number of nitrogens with one attached hydrogen (secondary N) is 2. The highest BCUT2D eigenvalue weighted by molar-refractivity contribution is 6.01. The van der Waals surface area contributed by atoms with Gasteiger partial charge in [0.15, 0.2) is 0 Å². The van der Waals surface area contributed by atoms with E-state index in [1.807, 2.05) is 0 Å². The molecule has 0 bridgehead atoms. The fourth-order valence-electron chi connectivity index (χ4n) is 3.67. The Bertz CT molecular complexity index is 642. The number of carbonyl (C=O) groups excluding carboxylic acids is 1. The summed E-state index contributed by atoms with van der Waals surface area (Å²) in [6.45, 7) is 2.64. The van der Waals surface area contributed by atoms with E-state index in [2.05, 4.69) is 15.8 Å². The minimum atomic E-state index is -0.447. The van der Waals surface area contributed by atoms with E-state index < -0.39 is 5.41 Å². The van der Waals surface area contributed by atoms with Crippen LogP contribution >= 0.6 is 0 Å². The molecular weight excluding hydrogens is 337 g/mol. The number of halogens is 1. The van der Waals surface area contributed by atoms with Crippen LogP contribution in [-0.4, -0.2) is 51.1 Å². The molecule has 0 saturated carbocycles. The van der Waals surface area contributed by atoms with Crippen molar-refractivity contribution in [2.45, 2.75) is 31.8 Å². The average Bonchev–Trinajstić information content (AvgIpc) is 3.11. The molecular formula is C19H26FN3O3. The summed E-state index contributed by atoms with van der Waals surface area (Å²) in [6.07, 6.45) is 2.67. The average molecular weight is 363 g/mol. The zero-order valence-corrected chi connectivity index (χ0v) is 15.1. The third-order valence-corrected chi connectivity index (χ3v) is 5.16. The van der Waals surface area contributed by atoms with Crippen LogP contribution in [0.25, 0.3) is 0 Å². The normalized spacial score (nSPS) is 21.8. The smallest absolute Gasteiger partial charge is 0.226 e. The number of methoxy groups -OCH3 is 1. The predicted octanol–water partition coefficient (Wildman–Crippen LogP) is 1.84. The lowest BCUT2D eigenvalue weighted by molar-refractivity contribution is -0.135. The van der Waals surface area contributed by atoms with Gasteiger partial charge in [-0.15, -0.1) is 0 Å². The Balaban J connectivity index is 1.63. The molecule has 2 aliphatic rings. The van der Waals surface area contributed by atoms with Crippen LogP contribution in [0.3, 0.4) is 0 Å². The summed E-state index contributed by atoms with van der Waals surface area (Å²) in [4.78, 5) is 18.5. The van der Waals surface area contributed by atoms with E-state index in [-0.39, 0.29) is 17.8 Å². The fraction of sp³-hybridized carbons (Fsp3) is 0.579. The summed E-state index contributed by atoms with van der Waals surface area (Å²) >= 11 is 0. The molecule has 6 nitrogen and oxygen atoms in total. The van der Waals surface area contributed by atoms with E-state index in [0.29, 0.717) is 26.0 Å². The van der Waals surface area contributed by atoms with Crippen molar-refractivity contribution in [1.82, 2.24) is 10.6 Å². The molecule has 0 unspecified atom stereocenters. The van der Waals surface area contributed by atoms with Crippen LogP contribution < -0.4 is 10.6 Å². The van der Waals surface area contributed by atoms with E-state index >= 15 is 0 Å². The number of benzene rings is 1. The van der Waals surface area contributed by atoms with Gasteiger partial charge in [-0.2, -0.15) is 0 Å². The van der Waals surface area contributed by atoms with Gasteiger partial charge in [0.2, 0.25) is 5.91 Å². The van der Waals surface area contributed by atoms with Crippen LogP contribution in [0.5, 0.6) is 0 Å². The highest BCUT2D eigenvalue weighted by Crippen LogP contribution is 2.37. The van der Waals surface area contributed by atoms with E-state index in [4.69, 9.17) is 9.57 Å². The van der Waals surface area contributed by atoms with Crippen molar-refractivity contribution < 1.29 is 18.8 Å². The monoisotopic (exact) mass is 363 g/mol. The first-order valence-electron chi connectivity index (χ1n) is 9.09. The summed E-state index contributed by atoms with van der Waals surface area (Å²) in [5.41, 5.74) is 1.22. The van der Waals surface area contributed by atoms with Crippen molar-refractivity contribution in [1.29, 1.82) is 0 Å². The lowest BCUT2D eigenvalue weighted by Gasteiger charge is -2.37. The molecule has 26 heavy (non-hydrogen) atoms. The predicted molar refractivity (Wildman–Crippen MR) is 96.5 cm³/mol. The zero-order valence-electron chi connectivity index (χ0n) is 15.1. The van der Waals surface area contributed by atoms with Crippen molar-refractivity contribution >= 4 is 11.6 Å². The molecule has 0 radical (unpaired) electrons. The molecule has 1 atom stereocenters. The van der Waals surface area contributed by atoms with Gasteiger partial charge < -0.3 is 20.2 Å². The Hall–Kier alpha value is -1.99. The number of ether oxygens (including phenoxy) is 1. The van der Waals surface area contributed by atoms with Crippen LogP contribution in [0.2, 0.25) is 0 Å². The number of hydrogen-bond donors (Lipinski definition) is 2. The van der Waals surface area contributed by atoms with E-state index in [0.717, 1.165) is 37.2 Å². The molecule has 0 aliphatic carbocycles. The number of piperidine rings is 1. The van der Waals surface area contributed by atoms with E-state index in [1.165, 1.54) is 12.1 Å². The first-order chi connectivity index (χ1) is 12.6. The summed E-state index contributed by atoms with van der Waals surface area (Å²) in [5, 5.41) is 10.5. The number of rotatable bonds is 7. The molecule has 0 aromatic heterocycles.